The minimum atomic E-state index is -0.844. The van der Waals surface area contributed by atoms with E-state index in [4.69, 9.17) is 9.47 Å². The highest BCUT2D eigenvalue weighted by Gasteiger charge is 2.23. The summed E-state index contributed by atoms with van der Waals surface area (Å²) < 4.78 is 38.9. The van der Waals surface area contributed by atoms with Crippen molar-refractivity contribution in [2.45, 2.75) is 32.5 Å². The monoisotopic (exact) mass is 406 g/mol. The fraction of sp³-hybridized carbons (Fsp3) is 0.308. The molecule has 0 unspecified atom stereocenters. The Balaban J connectivity index is 1.42. The zero-order valence-corrected chi connectivity index (χ0v) is 17.0. The fourth-order valence-corrected chi connectivity index (χ4v) is 3.61. The minimum Gasteiger partial charge on any atom is -0.348 e. The largest absolute Gasteiger partial charge is 0.348 e. The molecule has 3 aromatic carbocycles. The third-order valence-corrected chi connectivity index (χ3v) is 5.37. The molecule has 1 saturated heterocycles. The lowest BCUT2D eigenvalue weighted by Gasteiger charge is -2.29. The number of unbranched alkanes of at least 4 members (excludes halogenated alkanes) is 1. The summed E-state index contributed by atoms with van der Waals surface area (Å²) in [6.45, 7) is 3.66. The van der Waals surface area contributed by atoms with Gasteiger partial charge in [-0.2, -0.15) is 0 Å². The van der Waals surface area contributed by atoms with E-state index < -0.39 is 11.6 Å². The van der Waals surface area contributed by atoms with E-state index in [9.17, 15) is 8.78 Å². The molecule has 4 rings (SSSR count). The molecule has 0 saturated carbocycles. The highest BCUT2D eigenvalue weighted by atomic mass is 19.2. The zero-order valence-electron chi connectivity index (χ0n) is 17.0. The molecule has 154 valence electrons. The van der Waals surface area contributed by atoms with Gasteiger partial charge in [-0.25, -0.2) is 8.78 Å². The number of benzene rings is 3. The Kier molecular flexibility index (Phi) is 6.42. The first-order valence-electron chi connectivity index (χ1n) is 10.4. The molecule has 30 heavy (non-hydrogen) atoms. The molecule has 1 aliphatic heterocycles. The van der Waals surface area contributed by atoms with Crippen molar-refractivity contribution in [2.24, 2.45) is 5.92 Å². The van der Waals surface area contributed by atoms with Crippen LogP contribution < -0.4 is 0 Å². The van der Waals surface area contributed by atoms with Crippen LogP contribution in [-0.2, 0) is 9.47 Å². The first-order valence-corrected chi connectivity index (χ1v) is 10.4. The van der Waals surface area contributed by atoms with Crippen LogP contribution in [-0.4, -0.2) is 13.2 Å². The molecule has 4 heteroatoms. The molecule has 0 radical (unpaired) electrons. The Hall–Kier alpha value is -2.74. The third-order valence-electron chi connectivity index (χ3n) is 5.37. The van der Waals surface area contributed by atoms with Crippen LogP contribution in [0.5, 0.6) is 0 Å². The fourth-order valence-electron chi connectivity index (χ4n) is 3.61. The van der Waals surface area contributed by atoms with Crippen LogP contribution in [0.2, 0.25) is 0 Å². The molecule has 0 amide bonds. The summed E-state index contributed by atoms with van der Waals surface area (Å²) in [5.41, 5.74) is 2.59. The van der Waals surface area contributed by atoms with Gasteiger partial charge in [-0.15, -0.1) is 0 Å². The SMILES string of the molecule is CCCCC1COC(c2ccc(C#Cc3ccc4c(F)c(F)ccc4c3)cc2)OC1. The molecule has 0 aliphatic carbocycles. The maximum Gasteiger partial charge on any atom is 0.183 e. The normalized spacial score (nSPS) is 18.8. The number of hydrogen-bond donors (Lipinski definition) is 0. The summed E-state index contributed by atoms with van der Waals surface area (Å²) in [5, 5.41) is 0.884. The van der Waals surface area contributed by atoms with Gasteiger partial charge in [0.15, 0.2) is 17.9 Å². The first kappa shape index (κ1) is 20.5. The average Bonchev–Trinajstić information content (AvgIpc) is 2.79. The quantitative estimate of drug-likeness (QED) is 0.469. The van der Waals surface area contributed by atoms with E-state index in [1.807, 2.05) is 24.3 Å². The number of halogens is 2. The second kappa shape index (κ2) is 9.38. The highest BCUT2D eigenvalue weighted by molar-refractivity contribution is 5.84. The number of ether oxygens (including phenoxy) is 2. The molecule has 0 N–H and O–H groups in total. The van der Waals surface area contributed by atoms with Crippen molar-refractivity contribution < 1.29 is 18.3 Å². The van der Waals surface area contributed by atoms with Gasteiger partial charge in [0, 0.05) is 28.0 Å². The number of rotatable bonds is 4. The van der Waals surface area contributed by atoms with Gasteiger partial charge in [0.25, 0.3) is 0 Å². The van der Waals surface area contributed by atoms with Crippen LogP contribution in [0.4, 0.5) is 8.78 Å². The summed E-state index contributed by atoms with van der Waals surface area (Å²) >= 11 is 0. The van der Waals surface area contributed by atoms with Crippen LogP contribution in [0.15, 0.2) is 54.6 Å². The van der Waals surface area contributed by atoms with Gasteiger partial charge in [0.2, 0.25) is 0 Å². The second-order valence-corrected chi connectivity index (χ2v) is 7.68. The van der Waals surface area contributed by atoms with Crippen LogP contribution in [0.3, 0.4) is 0 Å². The van der Waals surface area contributed by atoms with Gasteiger partial charge in [0.1, 0.15) is 0 Å². The van der Waals surface area contributed by atoms with E-state index in [0.717, 1.165) is 42.4 Å². The topological polar surface area (TPSA) is 18.5 Å². The van der Waals surface area contributed by atoms with E-state index in [-0.39, 0.29) is 11.7 Å². The molecule has 0 atom stereocenters. The molecule has 1 heterocycles. The Morgan fingerprint density at radius 2 is 1.60 bits per heavy atom. The van der Waals surface area contributed by atoms with Gasteiger partial charge in [0.05, 0.1) is 13.2 Å². The number of hydrogen-bond acceptors (Lipinski definition) is 2. The lowest BCUT2D eigenvalue weighted by atomic mass is 10.0. The number of fused-ring (bicyclic) bond motifs is 1. The van der Waals surface area contributed by atoms with Crippen molar-refractivity contribution in [3.63, 3.8) is 0 Å². The third kappa shape index (κ3) is 4.70. The molecule has 3 aromatic rings. The first-order chi connectivity index (χ1) is 14.6. The Labute approximate surface area is 175 Å². The Bertz CT molecular complexity index is 1070. The van der Waals surface area contributed by atoms with E-state index in [0.29, 0.717) is 11.3 Å². The summed E-state index contributed by atoms with van der Waals surface area (Å²) in [7, 11) is 0. The standard InChI is InChI=1S/C26H24F2O2/c1-2-3-4-20-16-29-26(30-17-20)21-10-7-18(8-11-21)5-6-19-9-13-23-22(15-19)12-14-24(27)25(23)28/h7-15,20,26H,2-4,16-17H2,1H3. The summed E-state index contributed by atoms with van der Waals surface area (Å²) in [5.74, 6) is 5.01. The molecule has 0 bridgehead atoms. The Morgan fingerprint density at radius 1 is 0.900 bits per heavy atom. The van der Waals surface area contributed by atoms with Gasteiger partial charge >= 0.3 is 0 Å². The molecule has 1 fully saturated rings. The van der Waals surface area contributed by atoms with Crippen molar-refractivity contribution in [2.75, 3.05) is 13.2 Å². The van der Waals surface area contributed by atoms with Crippen LogP contribution in [0.25, 0.3) is 10.8 Å². The maximum atomic E-state index is 13.8. The van der Waals surface area contributed by atoms with Gasteiger partial charge in [-0.3, -0.25) is 0 Å². The van der Waals surface area contributed by atoms with E-state index in [1.54, 1.807) is 24.3 Å². The van der Waals surface area contributed by atoms with Crippen LogP contribution in [0, 0.1) is 29.4 Å². The van der Waals surface area contributed by atoms with Gasteiger partial charge < -0.3 is 9.47 Å². The molecular weight excluding hydrogens is 382 g/mol. The molecule has 2 nitrogen and oxygen atoms in total. The molecule has 1 aliphatic rings. The minimum absolute atomic E-state index is 0.259. The van der Waals surface area contributed by atoms with Crippen molar-refractivity contribution in [1.29, 1.82) is 0 Å². The average molecular weight is 406 g/mol. The lowest BCUT2D eigenvalue weighted by Crippen LogP contribution is -2.27. The highest BCUT2D eigenvalue weighted by Crippen LogP contribution is 2.27. The van der Waals surface area contributed by atoms with Gasteiger partial charge in [-0.05, 0) is 42.1 Å². The van der Waals surface area contributed by atoms with E-state index >= 15 is 0 Å². The summed E-state index contributed by atoms with van der Waals surface area (Å²) in [6, 6.07) is 15.5. The molecule has 0 spiro atoms. The lowest BCUT2D eigenvalue weighted by molar-refractivity contribution is -0.206. The van der Waals surface area contributed by atoms with Crippen molar-refractivity contribution in [3.05, 3.63) is 82.9 Å². The van der Waals surface area contributed by atoms with Crippen LogP contribution in [0.1, 0.15) is 49.2 Å². The van der Waals surface area contributed by atoms with Gasteiger partial charge in [-0.1, -0.05) is 55.9 Å². The second-order valence-electron chi connectivity index (χ2n) is 7.68. The smallest absolute Gasteiger partial charge is 0.183 e. The molecular formula is C26H24F2O2. The van der Waals surface area contributed by atoms with Crippen molar-refractivity contribution in [1.82, 2.24) is 0 Å². The van der Waals surface area contributed by atoms with E-state index in [2.05, 4.69) is 18.8 Å². The summed E-state index contributed by atoms with van der Waals surface area (Å²) in [6.07, 6.45) is 3.23. The summed E-state index contributed by atoms with van der Waals surface area (Å²) in [4.78, 5) is 0. The maximum absolute atomic E-state index is 13.8. The van der Waals surface area contributed by atoms with Crippen LogP contribution >= 0.6 is 0 Å². The van der Waals surface area contributed by atoms with Crippen molar-refractivity contribution in [3.8, 4) is 11.8 Å². The predicted molar refractivity (Wildman–Crippen MR) is 114 cm³/mol. The van der Waals surface area contributed by atoms with E-state index in [1.165, 1.54) is 12.8 Å². The predicted octanol–water partition coefficient (Wildman–Crippen LogP) is 6.37. The molecule has 0 aromatic heterocycles. The zero-order chi connectivity index (χ0) is 20.9. The Morgan fingerprint density at radius 3 is 2.33 bits per heavy atom. The van der Waals surface area contributed by atoms with Crippen molar-refractivity contribution >= 4 is 10.8 Å².